The first-order chi connectivity index (χ1) is 4.52. The number of hydrogen-bond donors (Lipinski definition) is 0. The van der Waals surface area contributed by atoms with Gasteiger partial charge in [-0.25, -0.2) is 0 Å². The second kappa shape index (κ2) is 7.70. The molecule has 0 radical (unpaired) electrons. The third-order valence-electron chi connectivity index (χ3n) is 1.74. The van der Waals surface area contributed by atoms with Gasteiger partial charge in [0.1, 0.15) is 0 Å². The van der Waals surface area contributed by atoms with E-state index in [4.69, 9.17) is 0 Å². The Morgan fingerprint density at radius 1 is 1.15 bits per heavy atom. The molecule has 0 aliphatic heterocycles. The van der Waals surface area contributed by atoms with Gasteiger partial charge >= 0.3 is 79.5 Å². The predicted octanol–water partition coefficient (Wildman–Crippen LogP) is 3.89. The summed E-state index contributed by atoms with van der Waals surface area (Å²) in [6.07, 6.45) is 5.88. The Hall–Kier alpha value is 1.45. The molecule has 1 rings (SSSR count). The normalized spacial score (nSPS) is 14.3. The standard InChI is InChI=1S/C8H13Si.3ClH.Zr/c1-9(2,3)8-6-4-5-7-8;;;;/h4,6H,5H2,1-3H3;3*1H;. The van der Waals surface area contributed by atoms with Crippen molar-refractivity contribution in [2.75, 3.05) is 0 Å². The Labute approximate surface area is 116 Å². The van der Waals surface area contributed by atoms with Crippen molar-refractivity contribution >= 4 is 45.3 Å². The molecule has 0 aromatic heterocycles. The number of allylic oxidation sites excluding steroid dienone is 4. The largest absolute Gasteiger partial charge is 0.147 e. The molecule has 0 nitrogen and oxygen atoms in total. The van der Waals surface area contributed by atoms with E-state index in [-0.39, 0.29) is 37.2 Å². The van der Waals surface area contributed by atoms with E-state index < -0.39 is 8.07 Å². The molecular formula is C8H16Cl3SiZr. The van der Waals surface area contributed by atoms with E-state index in [1.165, 1.54) is 6.42 Å². The summed E-state index contributed by atoms with van der Waals surface area (Å²) in [6, 6.07) is 0. The Bertz CT molecular complexity index is 206. The summed E-state index contributed by atoms with van der Waals surface area (Å²) in [5.41, 5.74) is 0. The van der Waals surface area contributed by atoms with Crippen LogP contribution in [0.15, 0.2) is 20.6 Å². The van der Waals surface area contributed by atoms with Gasteiger partial charge < -0.3 is 0 Å². The zero-order chi connectivity index (χ0) is 7.78. The third-order valence-corrected chi connectivity index (χ3v) is 5.60. The molecule has 0 bridgehead atoms. The molecule has 0 atom stereocenters. The summed E-state index contributed by atoms with van der Waals surface area (Å²) in [7, 11) is -0.972. The van der Waals surface area contributed by atoms with E-state index in [1.54, 1.807) is 33.2 Å². The first-order valence-electron chi connectivity index (χ1n) is 3.63. The quantitative estimate of drug-likeness (QED) is 0.637. The monoisotopic (exact) mass is 335 g/mol. The maximum absolute atomic E-state index is 2.42. The van der Waals surface area contributed by atoms with Gasteiger partial charge in [0.25, 0.3) is 0 Å². The van der Waals surface area contributed by atoms with Gasteiger partial charge in [-0.15, -0.1) is 37.2 Å². The van der Waals surface area contributed by atoms with Crippen molar-refractivity contribution < 1.29 is 24.7 Å². The predicted molar refractivity (Wildman–Crippen MR) is 65.9 cm³/mol. The van der Waals surface area contributed by atoms with Crippen molar-refractivity contribution in [3.05, 3.63) is 20.6 Å². The summed E-state index contributed by atoms with van der Waals surface area (Å²) in [5.74, 6) is 0. The fraction of sp³-hybridized carbons (Fsp3) is 0.500. The number of halogens is 3. The van der Waals surface area contributed by atoms with Crippen LogP contribution >= 0.6 is 37.2 Å². The smallest absolute Gasteiger partial charge is 0.147 e. The zero-order valence-corrected chi connectivity index (χ0v) is 14.0. The fourth-order valence-corrected chi connectivity index (χ4v) is 6.09. The van der Waals surface area contributed by atoms with Crippen molar-refractivity contribution in [2.45, 2.75) is 26.1 Å². The van der Waals surface area contributed by atoms with Gasteiger partial charge in [-0.05, 0) is 0 Å². The Kier molecular flexibility index (Phi) is 11.8. The van der Waals surface area contributed by atoms with Crippen molar-refractivity contribution in [3.63, 3.8) is 0 Å². The molecule has 0 amide bonds. The molecule has 0 spiro atoms. The summed E-state index contributed by atoms with van der Waals surface area (Å²) >= 11 is 1.62. The zero-order valence-electron chi connectivity index (χ0n) is 8.09. The molecule has 1 aliphatic rings. The van der Waals surface area contributed by atoms with Crippen molar-refractivity contribution in [2.24, 2.45) is 0 Å². The van der Waals surface area contributed by atoms with E-state index in [9.17, 15) is 0 Å². The van der Waals surface area contributed by atoms with Crippen LogP contribution in [0.3, 0.4) is 0 Å². The minimum absolute atomic E-state index is 0. The Morgan fingerprint density at radius 3 is 1.77 bits per heavy atom. The van der Waals surface area contributed by atoms with E-state index in [0.29, 0.717) is 0 Å². The van der Waals surface area contributed by atoms with Gasteiger partial charge in [0.2, 0.25) is 0 Å². The fourth-order valence-electron chi connectivity index (χ4n) is 1.21. The van der Waals surface area contributed by atoms with E-state index in [1.807, 2.05) is 0 Å². The molecule has 0 unspecified atom stereocenters. The molecule has 0 saturated carbocycles. The summed E-state index contributed by atoms with van der Waals surface area (Å²) in [6.45, 7) is 7.26. The van der Waals surface area contributed by atoms with Crippen LogP contribution in [0.4, 0.5) is 0 Å². The minimum atomic E-state index is -0.972. The first-order valence-corrected chi connectivity index (χ1v) is 8.36. The topological polar surface area (TPSA) is 0 Å². The van der Waals surface area contributed by atoms with Crippen molar-refractivity contribution in [3.8, 4) is 0 Å². The average molecular weight is 338 g/mol. The SMILES string of the molecule is C[Si](C)(C)C1=[C]([Zr])CC=C1.Cl.Cl.Cl. The number of rotatable bonds is 1. The Morgan fingerprint density at radius 2 is 1.62 bits per heavy atom. The summed E-state index contributed by atoms with van der Waals surface area (Å²) in [4.78, 5) is 0. The molecule has 0 aromatic rings. The molecule has 0 aromatic carbocycles. The molecular weight excluding hydrogens is 322 g/mol. The van der Waals surface area contributed by atoms with Crippen molar-refractivity contribution in [1.82, 2.24) is 0 Å². The van der Waals surface area contributed by atoms with Gasteiger partial charge in [-0.1, -0.05) is 0 Å². The van der Waals surface area contributed by atoms with Gasteiger partial charge in [-0.2, -0.15) is 0 Å². The molecule has 0 heterocycles. The Balaban J connectivity index is -0.000000333. The summed E-state index contributed by atoms with van der Waals surface area (Å²) < 4.78 is 1.69. The summed E-state index contributed by atoms with van der Waals surface area (Å²) in [5, 5.41) is 1.70. The average Bonchev–Trinajstić information content (AvgIpc) is 2.11. The molecule has 77 valence electrons. The second-order valence-electron chi connectivity index (χ2n) is 3.75. The van der Waals surface area contributed by atoms with Gasteiger partial charge in [-0.3, -0.25) is 0 Å². The van der Waals surface area contributed by atoms with Crippen LogP contribution in [0.1, 0.15) is 6.42 Å². The van der Waals surface area contributed by atoms with Gasteiger partial charge in [0.15, 0.2) is 0 Å². The molecule has 0 saturated heterocycles. The molecule has 0 fully saturated rings. The number of hydrogen-bond acceptors (Lipinski definition) is 0. The second-order valence-corrected chi connectivity index (χ2v) is 10.3. The van der Waals surface area contributed by atoms with Crippen LogP contribution in [-0.2, 0) is 24.7 Å². The molecule has 13 heavy (non-hydrogen) atoms. The van der Waals surface area contributed by atoms with E-state index in [0.717, 1.165) is 0 Å². The van der Waals surface area contributed by atoms with Crippen molar-refractivity contribution in [1.29, 1.82) is 0 Å². The van der Waals surface area contributed by atoms with Gasteiger partial charge in [0, 0.05) is 0 Å². The van der Waals surface area contributed by atoms with E-state index >= 15 is 0 Å². The molecule has 0 N–H and O–H groups in total. The van der Waals surface area contributed by atoms with Crippen LogP contribution in [-0.4, -0.2) is 8.07 Å². The van der Waals surface area contributed by atoms with Crippen LogP contribution in [0.25, 0.3) is 0 Å². The van der Waals surface area contributed by atoms with Gasteiger partial charge in [0.05, 0.1) is 0 Å². The maximum Gasteiger partial charge on any atom is -0.147 e. The first kappa shape index (κ1) is 19.9. The van der Waals surface area contributed by atoms with Crippen LogP contribution in [0.2, 0.25) is 19.6 Å². The van der Waals surface area contributed by atoms with Crippen LogP contribution in [0.5, 0.6) is 0 Å². The van der Waals surface area contributed by atoms with Crippen LogP contribution < -0.4 is 0 Å². The minimum Gasteiger partial charge on any atom is -0.147 e. The maximum atomic E-state index is 2.42. The third kappa shape index (κ3) is 5.79. The molecule has 5 heteroatoms. The van der Waals surface area contributed by atoms with E-state index in [2.05, 4.69) is 31.8 Å². The molecule has 1 aliphatic carbocycles. The van der Waals surface area contributed by atoms with Crippen LogP contribution in [0, 0.1) is 0 Å².